The molecular formula is C36H41Cl2F3N2O. The molecule has 0 amide bonds. The van der Waals surface area contributed by atoms with Crippen LogP contribution < -0.4 is 10.1 Å². The van der Waals surface area contributed by atoms with Gasteiger partial charge in [-0.2, -0.15) is 13.2 Å². The maximum Gasteiger partial charge on any atom is 0.417 e. The standard InChI is InChI=1S/C36H40ClF3N2O.ClH/c1-2-21-41-22-20-28-12-9-18-32(25-28)43-24-11-23-42(26-31-17-10-19-34(35(31)37)36(38,39)40)27-33(29-13-5-3-6-14-29)30-15-7-4-8-16-30;/h3-10,12-19,25,33,41H,2,11,20-24,26-27H2,1H3;1H. The fourth-order valence-electron chi connectivity index (χ4n) is 5.23. The predicted octanol–water partition coefficient (Wildman–Crippen LogP) is 9.43. The van der Waals surface area contributed by atoms with Crippen molar-refractivity contribution < 1.29 is 17.9 Å². The molecule has 0 atom stereocenters. The lowest BCUT2D eigenvalue weighted by molar-refractivity contribution is -0.137. The highest BCUT2D eigenvalue weighted by atomic mass is 35.5. The number of halogens is 5. The van der Waals surface area contributed by atoms with E-state index in [9.17, 15) is 13.2 Å². The second-order valence-electron chi connectivity index (χ2n) is 10.7. The van der Waals surface area contributed by atoms with Crippen LogP contribution in [0.15, 0.2) is 103 Å². The first-order chi connectivity index (χ1) is 20.8. The van der Waals surface area contributed by atoms with E-state index in [0.29, 0.717) is 38.2 Å². The zero-order valence-corrected chi connectivity index (χ0v) is 26.6. The van der Waals surface area contributed by atoms with E-state index in [0.717, 1.165) is 48.9 Å². The molecule has 3 nitrogen and oxygen atoms in total. The predicted molar refractivity (Wildman–Crippen MR) is 177 cm³/mol. The van der Waals surface area contributed by atoms with Crippen molar-refractivity contribution >= 4 is 24.0 Å². The van der Waals surface area contributed by atoms with Crippen molar-refractivity contribution in [2.75, 3.05) is 32.8 Å². The summed E-state index contributed by atoms with van der Waals surface area (Å²) in [6.07, 6.45) is -1.77. The van der Waals surface area contributed by atoms with Gasteiger partial charge in [0.1, 0.15) is 5.75 Å². The molecule has 44 heavy (non-hydrogen) atoms. The normalized spacial score (nSPS) is 11.5. The molecule has 0 aliphatic heterocycles. The Balaban J connectivity index is 0.00000529. The molecule has 1 N–H and O–H groups in total. The molecule has 0 saturated carbocycles. The first kappa shape index (κ1) is 35.4. The van der Waals surface area contributed by atoms with E-state index >= 15 is 0 Å². The van der Waals surface area contributed by atoms with Crippen LogP contribution in [-0.2, 0) is 19.1 Å². The van der Waals surface area contributed by atoms with E-state index in [-0.39, 0.29) is 23.3 Å². The highest BCUT2D eigenvalue weighted by molar-refractivity contribution is 6.32. The molecule has 0 bridgehead atoms. The summed E-state index contributed by atoms with van der Waals surface area (Å²) in [5.41, 5.74) is 3.17. The number of nitrogens with zero attached hydrogens (tertiary/aromatic N) is 1. The fourth-order valence-corrected chi connectivity index (χ4v) is 5.53. The first-order valence-electron chi connectivity index (χ1n) is 14.9. The maximum atomic E-state index is 13.6. The van der Waals surface area contributed by atoms with E-state index in [1.165, 1.54) is 11.6 Å². The number of hydrogen-bond acceptors (Lipinski definition) is 3. The molecule has 0 radical (unpaired) electrons. The Morgan fingerprint density at radius 3 is 2.14 bits per heavy atom. The molecule has 0 saturated heterocycles. The zero-order valence-electron chi connectivity index (χ0n) is 25.0. The summed E-state index contributed by atoms with van der Waals surface area (Å²) in [7, 11) is 0. The van der Waals surface area contributed by atoms with Crippen LogP contribution in [0, 0.1) is 0 Å². The molecule has 4 aromatic rings. The molecule has 4 aromatic carbocycles. The Morgan fingerprint density at radius 1 is 0.841 bits per heavy atom. The van der Waals surface area contributed by atoms with Gasteiger partial charge in [0.25, 0.3) is 0 Å². The Labute approximate surface area is 270 Å². The van der Waals surface area contributed by atoms with Crippen molar-refractivity contribution in [3.63, 3.8) is 0 Å². The van der Waals surface area contributed by atoms with Crippen molar-refractivity contribution in [1.82, 2.24) is 10.2 Å². The Morgan fingerprint density at radius 2 is 1.50 bits per heavy atom. The van der Waals surface area contributed by atoms with Gasteiger partial charge in [-0.3, -0.25) is 4.90 Å². The summed E-state index contributed by atoms with van der Waals surface area (Å²) in [5.74, 6) is 0.859. The SMILES string of the molecule is CCCNCCc1cccc(OCCCN(Cc2cccc(C(F)(F)F)c2Cl)CC(c2ccccc2)c2ccccc2)c1.Cl. The van der Waals surface area contributed by atoms with Crippen molar-refractivity contribution in [1.29, 1.82) is 0 Å². The van der Waals surface area contributed by atoms with E-state index in [2.05, 4.69) is 53.5 Å². The molecule has 0 aliphatic carbocycles. The molecule has 0 fully saturated rings. The first-order valence-corrected chi connectivity index (χ1v) is 15.3. The average molecular weight is 646 g/mol. The van der Waals surface area contributed by atoms with Gasteiger partial charge in [-0.1, -0.05) is 103 Å². The smallest absolute Gasteiger partial charge is 0.417 e. The second kappa shape index (κ2) is 18.1. The molecular weight excluding hydrogens is 604 g/mol. The summed E-state index contributed by atoms with van der Waals surface area (Å²) < 4.78 is 47.0. The molecule has 0 heterocycles. The summed E-state index contributed by atoms with van der Waals surface area (Å²) in [4.78, 5) is 2.19. The van der Waals surface area contributed by atoms with Crippen molar-refractivity contribution in [2.24, 2.45) is 0 Å². The minimum absolute atomic E-state index is 0. The molecule has 236 valence electrons. The molecule has 4 rings (SSSR count). The van der Waals surface area contributed by atoms with Crippen LogP contribution >= 0.6 is 24.0 Å². The van der Waals surface area contributed by atoms with E-state index in [1.54, 1.807) is 6.07 Å². The van der Waals surface area contributed by atoms with Crippen LogP contribution in [0.4, 0.5) is 13.2 Å². The number of ether oxygens (including phenoxy) is 1. The van der Waals surface area contributed by atoms with Crippen LogP contribution in [0.25, 0.3) is 0 Å². The summed E-state index contributed by atoms with van der Waals surface area (Å²) in [6.45, 7) is 6.11. The van der Waals surface area contributed by atoms with Gasteiger partial charge in [0, 0.05) is 25.6 Å². The van der Waals surface area contributed by atoms with Crippen molar-refractivity contribution in [3.8, 4) is 5.75 Å². The topological polar surface area (TPSA) is 24.5 Å². The van der Waals surface area contributed by atoms with Crippen LogP contribution in [0.2, 0.25) is 5.02 Å². The summed E-state index contributed by atoms with van der Waals surface area (Å²) in [5, 5.41) is 3.19. The molecule has 0 aromatic heterocycles. The lowest BCUT2D eigenvalue weighted by Crippen LogP contribution is -2.31. The summed E-state index contributed by atoms with van der Waals surface area (Å²) in [6, 6.07) is 32.7. The maximum absolute atomic E-state index is 13.6. The molecule has 0 spiro atoms. The molecule has 8 heteroatoms. The third-order valence-electron chi connectivity index (χ3n) is 7.43. The van der Waals surface area contributed by atoms with Crippen LogP contribution in [0.1, 0.15) is 53.5 Å². The lowest BCUT2D eigenvalue weighted by atomic mass is 9.90. The highest BCUT2D eigenvalue weighted by Crippen LogP contribution is 2.37. The minimum atomic E-state index is -4.51. The average Bonchev–Trinajstić information content (AvgIpc) is 3.01. The lowest BCUT2D eigenvalue weighted by Gasteiger charge is -2.29. The quantitative estimate of drug-likeness (QED) is 0.123. The minimum Gasteiger partial charge on any atom is -0.494 e. The third kappa shape index (κ3) is 10.8. The third-order valence-corrected chi connectivity index (χ3v) is 7.87. The van der Waals surface area contributed by atoms with Crippen LogP contribution in [0.3, 0.4) is 0 Å². The number of nitrogens with one attached hydrogen (secondary N) is 1. The van der Waals surface area contributed by atoms with E-state index < -0.39 is 11.7 Å². The highest BCUT2D eigenvalue weighted by Gasteiger charge is 2.34. The second-order valence-corrected chi connectivity index (χ2v) is 11.1. The van der Waals surface area contributed by atoms with Gasteiger partial charge < -0.3 is 10.1 Å². The number of alkyl halides is 3. The van der Waals surface area contributed by atoms with Crippen molar-refractivity contribution in [3.05, 3.63) is 136 Å². The van der Waals surface area contributed by atoms with Crippen molar-refractivity contribution in [2.45, 2.75) is 44.8 Å². The molecule has 0 unspecified atom stereocenters. The number of benzene rings is 4. The van der Waals surface area contributed by atoms with Crippen LogP contribution in [-0.4, -0.2) is 37.7 Å². The fraction of sp³-hybridized carbons (Fsp3) is 0.333. The molecule has 0 aliphatic rings. The van der Waals surface area contributed by atoms with Gasteiger partial charge >= 0.3 is 6.18 Å². The number of rotatable bonds is 16. The zero-order chi connectivity index (χ0) is 30.5. The van der Waals surface area contributed by atoms with E-state index in [4.69, 9.17) is 16.3 Å². The monoisotopic (exact) mass is 644 g/mol. The Bertz CT molecular complexity index is 1350. The van der Waals surface area contributed by atoms with Gasteiger partial charge in [-0.05, 0) is 72.8 Å². The Kier molecular flexibility index (Phi) is 14.6. The van der Waals surface area contributed by atoms with E-state index in [1.807, 2.05) is 48.5 Å². The Hall–Kier alpha value is -3.03. The van der Waals surface area contributed by atoms with Gasteiger partial charge in [0.15, 0.2) is 0 Å². The van der Waals surface area contributed by atoms with Gasteiger partial charge in [0.2, 0.25) is 0 Å². The van der Waals surface area contributed by atoms with Gasteiger partial charge in [0.05, 0.1) is 17.2 Å². The number of hydrogen-bond donors (Lipinski definition) is 1. The largest absolute Gasteiger partial charge is 0.494 e. The van der Waals surface area contributed by atoms with Gasteiger partial charge in [-0.25, -0.2) is 0 Å². The van der Waals surface area contributed by atoms with Crippen LogP contribution in [0.5, 0.6) is 5.75 Å². The summed E-state index contributed by atoms with van der Waals surface area (Å²) >= 11 is 6.34. The van der Waals surface area contributed by atoms with Gasteiger partial charge in [-0.15, -0.1) is 12.4 Å².